The van der Waals surface area contributed by atoms with Crippen molar-refractivity contribution in [3.05, 3.63) is 56.8 Å². The number of carbonyl (C=O) groups is 1. The molecule has 0 radical (unpaired) electrons. The van der Waals surface area contributed by atoms with Crippen LogP contribution in [0.3, 0.4) is 0 Å². The Balaban J connectivity index is 3.43. The molecule has 1 aromatic heterocycles. The van der Waals surface area contributed by atoms with E-state index in [4.69, 9.17) is 0 Å². The van der Waals surface area contributed by atoms with Crippen LogP contribution in [-0.2, 0) is 24.4 Å². The van der Waals surface area contributed by atoms with Gasteiger partial charge in [0.2, 0.25) is 5.91 Å². The third kappa shape index (κ3) is 3.72. The maximum Gasteiger partial charge on any atom is 0.337 e. The first-order valence-electron chi connectivity index (χ1n) is 6.90. The molecule has 0 unspecified atom stereocenters. The fourth-order valence-corrected chi connectivity index (χ4v) is 1.85. The second-order valence-corrected chi connectivity index (χ2v) is 4.58. The normalized spacial score (nSPS) is 10.2. The SMILES string of the molecule is C=CCn1c(=O)n(CC=C)c(=O)n(CC(=O)NCCC)c1=O. The van der Waals surface area contributed by atoms with E-state index in [0.717, 1.165) is 20.1 Å². The Bertz CT molecular complexity index is 690. The number of nitrogens with one attached hydrogen (secondary N) is 1. The Kier molecular flexibility index (Phi) is 6.30. The topological polar surface area (TPSA) is 95.1 Å². The molecule has 1 aromatic rings. The average Bonchev–Trinajstić information content (AvgIpc) is 2.50. The Morgan fingerprint density at radius 3 is 1.86 bits per heavy atom. The van der Waals surface area contributed by atoms with Crippen molar-refractivity contribution in [2.45, 2.75) is 33.0 Å². The molecule has 0 atom stereocenters. The number of carbonyl (C=O) groups excluding carboxylic acids is 1. The van der Waals surface area contributed by atoms with E-state index in [2.05, 4.69) is 18.5 Å². The van der Waals surface area contributed by atoms with Crippen LogP contribution in [-0.4, -0.2) is 26.2 Å². The molecule has 0 aliphatic rings. The van der Waals surface area contributed by atoms with Gasteiger partial charge in [0, 0.05) is 6.54 Å². The zero-order valence-electron chi connectivity index (χ0n) is 12.6. The number of allylic oxidation sites excluding steroid dienone is 2. The molecule has 0 aliphatic carbocycles. The lowest BCUT2D eigenvalue weighted by molar-refractivity contribution is -0.121. The molecule has 0 saturated heterocycles. The number of hydrogen-bond acceptors (Lipinski definition) is 4. The maximum absolute atomic E-state index is 12.2. The molecule has 120 valence electrons. The smallest absolute Gasteiger partial charge is 0.337 e. The lowest BCUT2D eigenvalue weighted by Crippen LogP contribution is -2.55. The summed E-state index contributed by atoms with van der Waals surface area (Å²) < 4.78 is 2.44. The first-order valence-corrected chi connectivity index (χ1v) is 6.90. The quantitative estimate of drug-likeness (QED) is 0.628. The van der Waals surface area contributed by atoms with E-state index in [-0.39, 0.29) is 13.1 Å². The Morgan fingerprint density at radius 2 is 1.45 bits per heavy atom. The predicted octanol–water partition coefficient (Wildman–Crippen LogP) is -0.930. The molecule has 22 heavy (non-hydrogen) atoms. The highest BCUT2D eigenvalue weighted by Crippen LogP contribution is 1.81. The van der Waals surface area contributed by atoms with Crippen LogP contribution in [0.15, 0.2) is 39.7 Å². The molecular formula is C14H20N4O4. The third-order valence-electron chi connectivity index (χ3n) is 2.88. The largest absolute Gasteiger partial charge is 0.355 e. The summed E-state index contributed by atoms with van der Waals surface area (Å²) in [7, 11) is 0. The number of amides is 1. The number of hydrogen-bond donors (Lipinski definition) is 1. The summed E-state index contributed by atoms with van der Waals surface area (Å²) in [6, 6.07) is 0. The van der Waals surface area contributed by atoms with Crippen molar-refractivity contribution in [3.8, 4) is 0 Å². The number of aromatic nitrogens is 3. The molecule has 0 bridgehead atoms. The fourth-order valence-electron chi connectivity index (χ4n) is 1.85. The minimum Gasteiger partial charge on any atom is -0.355 e. The molecule has 0 spiro atoms. The van der Waals surface area contributed by atoms with Gasteiger partial charge in [0.1, 0.15) is 6.54 Å². The van der Waals surface area contributed by atoms with Crippen molar-refractivity contribution in [1.82, 2.24) is 19.0 Å². The maximum atomic E-state index is 12.2. The van der Waals surface area contributed by atoms with E-state index in [9.17, 15) is 19.2 Å². The van der Waals surface area contributed by atoms with Gasteiger partial charge in [-0.05, 0) is 6.42 Å². The summed E-state index contributed by atoms with van der Waals surface area (Å²) in [4.78, 5) is 48.3. The molecule has 1 amide bonds. The van der Waals surface area contributed by atoms with Gasteiger partial charge in [0.15, 0.2) is 0 Å². The van der Waals surface area contributed by atoms with E-state index in [1.54, 1.807) is 0 Å². The van der Waals surface area contributed by atoms with E-state index in [1.165, 1.54) is 12.2 Å². The van der Waals surface area contributed by atoms with Crippen molar-refractivity contribution in [2.24, 2.45) is 0 Å². The summed E-state index contributed by atoms with van der Waals surface area (Å²) in [5, 5.41) is 2.58. The predicted molar refractivity (Wildman–Crippen MR) is 82.9 cm³/mol. The van der Waals surface area contributed by atoms with Crippen molar-refractivity contribution < 1.29 is 4.79 Å². The summed E-state index contributed by atoms with van der Waals surface area (Å²) in [6.07, 6.45) is 3.47. The van der Waals surface area contributed by atoms with Crippen LogP contribution in [0, 0.1) is 0 Å². The lowest BCUT2D eigenvalue weighted by Gasteiger charge is -2.12. The third-order valence-corrected chi connectivity index (χ3v) is 2.88. The molecule has 0 saturated carbocycles. The van der Waals surface area contributed by atoms with Crippen molar-refractivity contribution >= 4 is 5.91 Å². The van der Waals surface area contributed by atoms with Gasteiger partial charge in [0.25, 0.3) is 0 Å². The van der Waals surface area contributed by atoms with Gasteiger partial charge >= 0.3 is 17.1 Å². The summed E-state index contributed by atoms with van der Waals surface area (Å²) >= 11 is 0. The second kappa shape index (κ2) is 7.96. The molecule has 8 nitrogen and oxygen atoms in total. The van der Waals surface area contributed by atoms with Crippen LogP contribution in [0.2, 0.25) is 0 Å². The van der Waals surface area contributed by atoms with Gasteiger partial charge in [0.05, 0.1) is 13.1 Å². The van der Waals surface area contributed by atoms with Gasteiger partial charge < -0.3 is 5.32 Å². The minimum atomic E-state index is -0.832. The van der Waals surface area contributed by atoms with Crippen LogP contribution in [0.1, 0.15) is 13.3 Å². The average molecular weight is 308 g/mol. The minimum absolute atomic E-state index is 0.0499. The Hall–Kier alpha value is -2.64. The molecule has 0 aromatic carbocycles. The molecule has 1 heterocycles. The zero-order chi connectivity index (χ0) is 16.7. The van der Waals surface area contributed by atoms with E-state index < -0.39 is 29.5 Å². The van der Waals surface area contributed by atoms with E-state index >= 15 is 0 Å². The van der Waals surface area contributed by atoms with Gasteiger partial charge in [-0.3, -0.25) is 4.79 Å². The fraction of sp³-hybridized carbons (Fsp3) is 0.429. The molecule has 8 heteroatoms. The first-order chi connectivity index (χ1) is 10.5. The van der Waals surface area contributed by atoms with Crippen molar-refractivity contribution in [3.63, 3.8) is 0 Å². The van der Waals surface area contributed by atoms with Gasteiger partial charge in [-0.25, -0.2) is 28.1 Å². The van der Waals surface area contributed by atoms with Crippen LogP contribution >= 0.6 is 0 Å². The zero-order valence-corrected chi connectivity index (χ0v) is 12.6. The van der Waals surface area contributed by atoms with Crippen LogP contribution in [0.5, 0.6) is 0 Å². The highest BCUT2D eigenvalue weighted by atomic mass is 16.2. The highest BCUT2D eigenvalue weighted by Gasteiger charge is 2.16. The van der Waals surface area contributed by atoms with Crippen LogP contribution in [0.25, 0.3) is 0 Å². The molecule has 0 fully saturated rings. The molecule has 0 aliphatic heterocycles. The Labute approximate surface area is 127 Å². The summed E-state index contributed by atoms with van der Waals surface area (Å²) in [6.45, 7) is 8.74. The molecular weight excluding hydrogens is 288 g/mol. The monoisotopic (exact) mass is 308 g/mol. The van der Waals surface area contributed by atoms with E-state index in [0.29, 0.717) is 6.54 Å². The molecule has 1 N–H and O–H groups in total. The van der Waals surface area contributed by atoms with Gasteiger partial charge in [-0.1, -0.05) is 19.1 Å². The van der Waals surface area contributed by atoms with Crippen LogP contribution < -0.4 is 22.4 Å². The summed E-state index contributed by atoms with van der Waals surface area (Å²) in [5.41, 5.74) is -2.41. The summed E-state index contributed by atoms with van der Waals surface area (Å²) in [5.74, 6) is -0.463. The highest BCUT2D eigenvalue weighted by molar-refractivity contribution is 5.75. The lowest BCUT2D eigenvalue weighted by atomic mass is 10.4. The van der Waals surface area contributed by atoms with Crippen molar-refractivity contribution in [1.29, 1.82) is 0 Å². The molecule has 1 rings (SSSR count). The van der Waals surface area contributed by atoms with Crippen LogP contribution in [0.4, 0.5) is 0 Å². The van der Waals surface area contributed by atoms with E-state index in [1.807, 2.05) is 6.92 Å². The van der Waals surface area contributed by atoms with Crippen molar-refractivity contribution in [2.75, 3.05) is 6.54 Å². The second-order valence-electron chi connectivity index (χ2n) is 4.58. The standard InChI is InChI=1S/C14H20N4O4/c1-4-7-15-11(19)10-18-13(21)16(8-5-2)12(20)17(9-6-3)14(18)22/h5-6H,2-4,7-10H2,1H3,(H,15,19). The first kappa shape index (κ1) is 17.4. The number of rotatable bonds is 8. The van der Waals surface area contributed by atoms with Gasteiger partial charge in [-0.15, -0.1) is 13.2 Å². The number of nitrogens with zero attached hydrogens (tertiary/aromatic N) is 3. The Morgan fingerprint density at radius 1 is 1.00 bits per heavy atom. The van der Waals surface area contributed by atoms with Gasteiger partial charge in [-0.2, -0.15) is 0 Å².